The van der Waals surface area contributed by atoms with E-state index >= 15 is 0 Å². The Balaban J connectivity index is 0.00000243. The van der Waals surface area contributed by atoms with Crippen molar-refractivity contribution < 1.29 is 19.5 Å². The van der Waals surface area contributed by atoms with Crippen LogP contribution in [-0.4, -0.2) is 47.4 Å². The first-order valence-electron chi connectivity index (χ1n) is 8.52. The van der Waals surface area contributed by atoms with E-state index in [2.05, 4.69) is 10.6 Å². The number of rotatable bonds is 5. The van der Waals surface area contributed by atoms with Gasteiger partial charge >= 0.3 is 5.97 Å². The third-order valence-corrected chi connectivity index (χ3v) is 5.20. The minimum Gasteiger partial charge on any atom is -0.481 e. The molecule has 3 rings (SSSR count). The van der Waals surface area contributed by atoms with Gasteiger partial charge in [0.25, 0.3) is 0 Å². The Morgan fingerprint density at radius 3 is 2.58 bits per heavy atom. The van der Waals surface area contributed by atoms with Crippen LogP contribution in [0.15, 0.2) is 24.3 Å². The molecule has 2 atom stereocenters. The van der Waals surface area contributed by atoms with Crippen molar-refractivity contribution in [3.63, 3.8) is 0 Å². The van der Waals surface area contributed by atoms with Crippen molar-refractivity contribution in [3.8, 4) is 0 Å². The summed E-state index contributed by atoms with van der Waals surface area (Å²) in [5, 5.41) is 15.1. The first-order valence-corrected chi connectivity index (χ1v) is 8.52. The summed E-state index contributed by atoms with van der Waals surface area (Å²) >= 11 is 0. The summed E-state index contributed by atoms with van der Waals surface area (Å²) in [6.45, 7) is 2.70. The van der Waals surface area contributed by atoms with Crippen LogP contribution >= 0.6 is 12.4 Å². The number of aliphatic carboxylic acids is 1. The molecule has 0 bridgehead atoms. The highest BCUT2D eigenvalue weighted by molar-refractivity contribution is 5.94. The van der Waals surface area contributed by atoms with Crippen molar-refractivity contribution in [2.24, 2.45) is 11.3 Å². The summed E-state index contributed by atoms with van der Waals surface area (Å²) in [6, 6.07) is 6.94. The average Bonchev–Trinajstić information content (AvgIpc) is 3.04. The van der Waals surface area contributed by atoms with E-state index in [1.165, 1.54) is 6.92 Å². The van der Waals surface area contributed by atoms with E-state index < -0.39 is 11.4 Å². The fraction of sp³-hybridized carbons (Fsp3) is 0.500. The Hall–Kier alpha value is -2.12. The first kappa shape index (κ1) is 20.2. The Labute approximate surface area is 158 Å². The maximum absolute atomic E-state index is 12.3. The molecule has 2 fully saturated rings. The van der Waals surface area contributed by atoms with E-state index in [0.717, 1.165) is 12.8 Å². The molecule has 7 nitrogen and oxygen atoms in total. The molecule has 2 amide bonds. The zero-order chi connectivity index (χ0) is 18.0. The van der Waals surface area contributed by atoms with Gasteiger partial charge < -0.3 is 15.7 Å². The Bertz CT molecular complexity index is 711. The molecule has 1 aromatic carbocycles. The van der Waals surface area contributed by atoms with Gasteiger partial charge in [0.05, 0.1) is 12.0 Å². The topological polar surface area (TPSA) is 98.7 Å². The number of likely N-dealkylation sites (tertiary alicyclic amines) is 1. The quantitative estimate of drug-likeness (QED) is 0.726. The van der Waals surface area contributed by atoms with Crippen LogP contribution in [0.3, 0.4) is 0 Å². The largest absolute Gasteiger partial charge is 0.481 e. The number of hydrogen-bond acceptors (Lipinski definition) is 4. The number of carboxylic acids is 1. The van der Waals surface area contributed by atoms with Crippen molar-refractivity contribution in [3.05, 3.63) is 24.3 Å². The number of nitrogens with one attached hydrogen (secondary N) is 2. The van der Waals surface area contributed by atoms with Gasteiger partial charge in [0, 0.05) is 31.4 Å². The number of carbonyl (C=O) groups is 3. The number of amides is 2. The molecule has 0 spiro atoms. The molecule has 1 aliphatic carbocycles. The molecule has 142 valence electrons. The van der Waals surface area contributed by atoms with Gasteiger partial charge in [-0.1, -0.05) is 12.5 Å². The van der Waals surface area contributed by atoms with Crippen LogP contribution in [0.2, 0.25) is 0 Å². The maximum Gasteiger partial charge on any atom is 0.311 e. The van der Waals surface area contributed by atoms with Gasteiger partial charge in [-0.25, -0.2) is 0 Å². The molecular formula is C18H24ClN3O4. The second-order valence-corrected chi connectivity index (χ2v) is 7.03. The molecule has 1 saturated heterocycles. The van der Waals surface area contributed by atoms with E-state index in [1.54, 1.807) is 24.3 Å². The minimum atomic E-state index is -0.735. The lowest BCUT2D eigenvalue weighted by molar-refractivity contribution is -0.149. The maximum atomic E-state index is 12.3. The summed E-state index contributed by atoms with van der Waals surface area (Å²) in [5.74, 6) is -0.951. The van der Waals surface area contributed by atoms with Gasteiger partial charge in [-0.05, 0) is 37.0 Å². The average molecular weight is 382 g/mol. The normalized spacial score (nSPS) is 24.4. The van der Waals surface area contributed by atoms with Crippen LogP contribution < -0.4 is 10.6 Å². The van der Waals surface area contributed by atoms with Crippen LogP contribution in [0, 0.1) is 11.3 Å². The summed E-state index contributed by atoms with van der Waals surface area (Å²) in [7, 11) is 0. The standard InChI is InChI=1S/C18H23N3O4.ClH/c1-12(22)19-14-5-2-6-15(8-14)20-16(23)10-21-9-13-4-3-7-18(13,11-21)17(24)25;/h2,5-6,8,13H,3-4,7,9-11H2,1H3,(H,19,22)(H,20,23)(H,24,25);1H/t13-,18+;/m0./s1. The molecule has 2 aliphatic rings. The van der Waals surface area contributed by atoms with Crippen molar-refractivity contribution >= 4 is 41.6 Å². The molecule has 8 heteroatoms. The molecule has 3 N–H and O–H groups in total. The third kappa shape index (κ3) is 4.16. The Morgan fingerprint density at radius 1 is 1.27 bits per heavy atom. The van der Waals surface area contributed by atoms with Crippen LogP contribution in [0.25, 0.3) is 0 Å². The number of fused-ring (bicyclic) bond motifs is 1. The number of nitrogens with zero attached hydrogens (tertiary/aromatic N) is 1. The number of anilines is 2. The Kier molecular flexibility index (Phi) is 6.26. The molecule has 1 heterocycles. The van der Waals surface area contributed by atoms with Gasteiger partial charge in [-0.15, -0.1) is 12.4 Å². The lowest BCUT2D eigenvalue weighted by Gasteiger charge is -2.23. The zero-order valence-electron chi connectivity index (χ0n) is 14.7. The SMILES string of the molecule is CC(=O)Nc1cccc(NC(=O)CN2C[C@@H]3CCC[C@@]3(C(=O)O)C2)c1.Cl. The monoisotopic (exact) mass is 381 g/mol. The number of halogens is 1. The summed E-state index contributed by atoms with van der Waals surface area (Å²) in [6.07, 6.45) is 2.57. The van der Waals surface area contributed by atoms with Crippen molar-refractivity contribution in [2.75, 3.05) is 30.3 Å². The highest BCUT2D eigenvalue weighted by Gasteiger charge is 2.54. The fourth-order valence-electron chi connectivity index (χ4n) is 4.14. The van der Waals surface area contributed by atoms with E-state index in [1.807, 2.05) is 4.90 Å². The second-order valence-electron chi connectivity index (χ2n) is 7.03. The van der Waals surface area contributed by atoms with Gasteiger partial charge in [-0.2, -0.15) is 0 Å². The van der Waals surface area contributed by atoms with Gasteiger partial charge in [0.1, 0.15) is 0 Å². The predicted octanol–water partition coefficient (Wildman–Crippen LogP) is 2.19. The van der Waals surface area contributed by atoms with Crippen LogP contribution in [0.4, 0.5) is 11.4 Å². The highest BCUT2D eigenvalue weighted by Crippen LogP contribution is 2.48. The van der Waals surface area contributed by atoms with E-state index in [-0.39, 0.29) is 36.7 Å². The minimum absolute atomic E-state index is 0. The predicted molar refractivity (Wildman–Crippen MR) is 100 cm³/mol. The van der Waals surface area contributed by atoms with E-state index in [0.29, 0.717) is 30.9 Å². The van der Waals surface area contributed by atoms with E-state index in [4.69, 9.17) is 0 Å². The van der Waals surface area contributed by atoms with Crippen LogP contribution in [0.5, 0.6) is 0 Å². The highest BCUT2D eigenvalue weighted by atomic mass is 35.5. The van der Waals surface area contributed by atoms with Crippen LogP contribution in [0.1, 0.15) is 26.2 Å². The summed E-state index contributed by atoms with van der Waals surface area (Å²) in [4.78, 5) is 37.0. The van der Waals surface area contributed by atoms with Gasteiger partial charge in [0.15, 0.2) is 0 Å². The fourth-order valence-corrected chi connectivity index (χ4v) is 4.14. The number of hydrogen-bond donors (Lipinski definition) is 3. The zero-order valence-corrected chi connectivity index (χ0v) is 15.5. The van der Waals surface area contributed by atoms with Crippen LogP contribution in [-0.2, 0) is 14.4 Å². The molecule has 0 radical (unpaired) electrons. The van der Waals surface area contributed by atoms with Gasteiger partial charge in [0.2, 0.25) is 11.8 Å². The lowest BCUT2D eigenvalue weighted by atomic mass is 9.81. The van der Waals surface area contributed by atoms with Crippen molar-refractivity contribution in [2.45, 2.75) is 26.2 Å². The van der Waals surface area contributed by atoms with Crippen molar-refractivity contribution in [1.82, 2.24) is 4.90 Å². The molecular weight excluding hydrogens is 358 g/mol. The lowest BCUT2D eigenvalue weighted by Crippen LogP contribution is -2.37. The molecule has 1 saturated carbocycles. The Morgan fingerprint density at radius 2 is 1.96 bits per heavy atom. The van der Waals surface area contributed by atoms with Crippen molar-refractivity contribution in [1.29, 1.82) is 0 Å². The van der Waals surface area contributed by atoms with E-state index in [9.17, 15) is 19.5 Å². The molecule has 0 aromatic heterocycles. The molecule has 1 aliphatic heterocycles. The summed E-state index contributed by atoms with van der Waals surface area (Å²) in [5.41, 5.74) is 0.542. The second kappa shape index (κ2) is 8.05. The summed E-state index contributed by atoms with van der Waals surface area (Å²) < 4.78 is 0. The number of carbonyl (C=O) groups excluding carboxylic acids is 2. The first-order chi connectivity index (χ1) is 11.9. The third-order valence-electron chi connectivity index (χ3n) is 5.20. The molecule has 26 heavy (non-hydrogen) atoms. The molecule has 0 unspecified atom stereocenters. The van der Waals surface area contributed by atoms with Gasteiger partial charge in [-0.3, -0.25) is 19.3 Å². The molecule has 1 aromatic rings. The number of benzene rings is 1. The number of carboxylic acid groups (broad SMARTS) is 1. The smallest absolute Gasteiger partial charge is 0.311 e.